The third kappa shape index (κ3) is 3.04. The topological polar surface area (TPSA) is 43.8 Å². The second kappa shape index (κ2) is 5.88. The van der Waals surface area contributed by atoms with E-state index in [0.717, 1.165) is 26.1 Å². The molecule has 0 aromatic rings. The van der Waals surface area contributed by atoms with Crippen LogP contribution in [0.4, 0.5) is 0 Å². The molecule has 15 heavy (non-hydrogen) atoms. The number of rotatable bonds is 4. The van der Waals surface area contributed by atoms with Crippen molar-refractivity contribution in [1.82, 2.24) is 9.80 Å². The van der Waals surface area contributed by atoms with Crippen LogP contribution in [0.25, 0.3) is 0 Å². The normalized spacial score (nSPS) is 22.8. The Morgan fingerprint density at radius 3 is 2.87 bits per heavy atom. The second-order valence-electron chi connectivity index (χ2n) is 3.78. The van der Waals surface area contributed by atoms with Crippen molar-refractivity contribution in [2.24, 2.45) is 0 Å². The molecule has 1 saturated heterocycles. The van der Waals surface area contributed by atoms with Crippen molar-refractivity contribution in [3.8, 4) is 0 Å². The minimum atomic E-state index is -0.00584. The Labute approximate surface area is 91.2 Å². The lowest BCUT2D eigenvalue weighted by atomic mass is 10.1. The van der Waals surface area contributed by atoms with E-state index >= 15 is 0 Å². The van der Waals surface area contributed by atoms with Gasteiger partial charge < -0.3 is 10.0 Å². The SMILES string of the molecule is C=CC(=O)N1CCN(CC)C(CCO)C1. The number of hydrogen-bond acceptors (Lipinski definition) is 3. The highest BCUT2D eigenvalue weighted by Gasteiger charge is 2.26. The summed E-state index contributed by atoms with van der Waals surface area (Å²) in [6.45, 7) is 9.11. The van der Waals surface area contributed by atoms with Gasteiger partial charge in [0, 0.05) is 32.3 Å². The van der Waals surface area contributed by atoms with Crippen LogP contribution in [0.1, 0.15) is 13.3 Å². The Bertz CT molecular complexity index is 231. The summed E-state index contributed by atoms with van der Waals surface area (Å²) in [5.41, 5.74) is 0. The lowest BCUT2D eigenvalue weighted by molar-refractivity contribution is -0.129. The number of nitrogens with zero attached hydrogens (tertiary/aromatic N) is 2. The van der Waals surface area contributed by atoms with Gasteiger partial charge in [-0.2, -0.15) is 0 Å². The molecule has 0 aromatic carbocycles. The molecule has 1 heterocycles. The average Bonchev–Trinajstić information content (AvgIpc) is 2.28. The smallest absolute Gasteiger partial charge is 0.246 e. The van der Waals surface area contributed by atoms with Crippen molar-refractivity contribution in [3.05, 3.63) is 12.7 Å². The summed E-state index contributed by atoms with van der Waals surface area (Å²) in [7, 11) is 0. The van der Waals surface area contributed by atoms with Crippen LogP contribution in [0.5, 0.6) is 0 Å². The molecular weight excluding hydrogens is 192 g/mol. The van der Waals surface area contributed by atoms with Gasteiger partial charge in [-0.15, -0.1) is 0 Å². The Balaban J connectivity index is 2.56. The molecule has 86 valence electrons. The monoisotopic (exact) mass is 212 g/mol. The average molecular weight is 212 g/mol. The number of aliphatic hydroxyl groups excluding tert-OH is 1. The van der Waals surface area contributed by atoms with Crippen LogP contribution in [0.15, 0.2) is 12.7 Å². The van der Waals surface area contributed by atoms with Crippen LogP contribution in [0, 0.1) is 0 Å². The highest BCUT2D eigenvalue weighted by molar-refractivity contribution is 5.87. The van der Waals surface area contributed by atoms with E-state index < -0.39 is 0 Å². The van der Waals surface area contributed by atoms with Crippen LogP contribution in [-0.4, -0.2) is 59.6 Å². The van der Waals surface area contributed by atoms with Crippen molar-refractivity contribution in [2.45, 2.75) is 19.4 Å². The molecule has 4 heteroatoms. The molecular formula is C11H20N2O2. The molecule has 0 saturated carbocycles. The first-order valence-corrected chi connectivity index (χ1v) is 5.49. The zero-order valence-corrected chi connectivity index (χ0v) is 9.35. The molecule has 0 spiro atoms. The third-order valence-corrected chi connectivity index (χ3v) is 2.96. The van der Waals surface area contributed by atoms with Gasteiger partial charge in [0.15, 0.2) is 0 Å². The molecule has 1 fully saturated rings. The number of amides is 1. The maximum atomic E-state index is 11.4. The molecule has 4 nitrogen and oxygen atoms in total. The number of piperazine rings is 1. The van der Waals surface area contributed by atoms with E-state index in [2.05, 4.69) is 18.4 Å². The molecule has 0 aromatic heterocycles. The van der Waals surface area contributed by atoms with Crippen molar-refractivity contribution in [3.63, 3.8) is 0 Å². The zero-order chi connectivity index (χ0) is 11.3. The third-order valence-electron chi connectivity index (χ3n) is 2.96. The van der Waals surface area contributed by atoms with Crippen molar-refractivity contribution in [2.75, 3.05) is 32.8 Å². The van der Waals surface area contributed by atoms with E-state index in [0.29, 0.717) is 6.54 Å². The minimum absolute atomic E-state index is 0.00584. The first kappa shape index (κ1) is 12.2. The van der Waals surface area contributed by atoms with Crippen LogP contribution >= 0.6 is 0 Å². The highest BCUT2D eigenvalue weighted by Crippen LogP contribution is 2.12. The van der Waals surface area contributed by atoms with Gasteiger partial charge in [0.1, 0.15) is 0 Å². The predicted octanol–water partition coefficient (Wildman–Crippen LogP) is 0.0875. The van der Waals surface area contributed by atoms with Gasteiger partial charge in [0.05, 0.1) is 0 Å². The first-order chi connectivity index (χ1) is 7.22. The minimum Gasteiger partial charge on any atom is -0.396 e. The van der Waals surface area contributed by atoms with Crippen LogP contribution in [0.2, 0.25) is 0 Å². The fourth-order valence-corrected chi connectivity index (χ4v) is 2.06. The number of hydrogen-bond donors (Lipinski definition) is 1. The fourth-order valence-electron chi connectivity index (χ4n) is 2.06. The number of carbonyl (C=O) groups is 1. The highest BCUT2D eigenvalue weighted by atomic mass is 16.3. The molecule has 1 amide bonds. The fraction of sp³-hybridized carbons (Fsp3) is 0.727. The first-order valence-electron chi connectivity index (χ1n) is 5.49. The number of aliphatic hydroxyl groups is 1. The lowest BCUT2D eigenvalue weighted by Gasteiger charge is -2.40. The van der Waals surface area contributed by atoms with Crippen LogP contribution in [0.3, 0.4) is 0 Å². The molecule has 1 N–H and O–H groups in total. The van der Waals surface area contributed by atoms with Crippen LogP contribution in [-0.2, 0) is 4.79 Å². The predicted molar refractivity (Wildman–Crippen MR) is 59.5 cm³/mol. The Kier molecular flexibility index (Phi) is 4.78. The Hall–Kier alpha value is -0.870. The van der Waals surface area contributed by atoms with E-state index in [-0.39, 0.29) is 18.6 Å². The summed E-state index contributed by atoms with van der Waals surface area (Å²) in [5.74, 6) is -0.00584. The molecule has 1 rings (SSSR count). The van der Waals surface area contributed by atoms with Gasteiger partial charge >= 0.3 is 0 Å². The van der Waals surface area contributed by atoms with E-state index in [1.807, 2.05) is 0 Å². The lowest BCUT2D eigenvalue weighted by Crippen LogP contribution is -2.54. The van der Waals surface area contributed by atoms with Gasteiger partial charge in [-0.1, -0.05) is 13.5 Å². The summed E-state index contributed by atoms with van der Waals surface area (Å²) >= 11 is 0. The summed E-state index contributed by atoms with van der Waals surface area (Å²) in [4.78, 5) is 15.6. The molecule has 0 radical (unpaired) electrons. The molecule has 1 unspecified atom stereocenters. The summed E-state index contributed by atoms with van der Waals surface area (Å²) in [5, 5.41) is 8.96. The number of carbonyl (C=O) groups excluding carboxylic acids is 1. The summed E-state index contributed by atoms with van der Waals surface area (Å²) < 4.78 is 0. The van der Waals surface area contributed by atoms with E-state index in [1.165, 1.54) is 6.08 Å². The standard InChI is InChI=1S/C11H20N2O2/c1-3-11(15)13-7-6-12(4-2)10(9-13)5-8-14/h3,10,14H,1,4-9H2,2H3. The Morgan fingerprint density at radius 1 is 1.60 bits per heavy atom. The van der Waals surface area contributed by atoms with Crippen molar-refractivity contribution < 1.29 is 9.90 Å². The van der Waals surface area contributed by atoms with Gasteiger partial charge in [-0.3, -0.25) is 9.69 Å². The second-order valence-corrected chi connectivity index (χ2v) is 3.78. The van der Waals surface area contributed by atoms with E-state index in [4.69, 9.17) is 5.11 Å². The summed E-state index contributed by atoms with van der Waals surface area (Å²) in [6.07, 6.45) is 2.09. The van der Waals surface area contributed by atoms with Gasteiger partial charge in [0.2, 0.25) is 5.91 Å². The van der Waals surface area contributed by atoms with Gasteiger partial charge in [-0.05, 0) is 19.0 Å². The van der Waals surface area contributed by atoms with Crippen LogP contribution < -0.4 is 0 Å². The Morgan fingerprint density at radius 2 is 2.33 bits per heavy atom. The van der Waals surface area contributed by atoms with E-state index in [9.17, 15) is 4.79 Å². The summed E-state index contributed by atoms with van der Waals surface area (Å²) in [6, 6.07) is 0.289. The zero-order valence-electron chi connectivity index (χ0n) is 9.35. The van der Waals surface area contributed by atoms with E-state index in [1.54, 1.807) is 4.90 Å². The van der Waals surface area contributed by atoms with Gasteiger partial charge in [-0.25, -0.2) is 0 Å². The largest absolute Gasteiger partial charge is 0.396 e. The van der Waals surface area contributed by atoms with Gasteiger partial charge in [0.25, 0.3) is 0 Å². The maximum Gasteiger partial charge on any atom is 0.246 e. The molecule has 0 aliphatic carbocycles. The molecule has 1 atom stereocenters. The molecule has 1 aliphatic heterocycles. The quantitative estimate of drug-likeness (QED) is 0.672. The van der Waals surface area contributed by atoms with Crippen molar-refractivity contribution in [1.29, 1.82) is 0 Å². The maximum absolute atomic E-state index is 11.4. The molecule has 1 aliphatic rings. The number of likely N-dealkylation sites (N-methyl/N-ethyl adjacent to an activating group) is 1. The molecule has 0 bridgehead atoms. The van der Waals surface area contributed by atoms with Crippen molar-refractivity contribution >= 4 is 5.91 Å².